The van der Waals surface area contributed by atoms with Gasteiger partial charge in [0.25, 0.3) is 0 Å². The van der Waals surface area contributed by atoms with Gasteiger partial charge in [-0.25, -0.2) is 0 Å². The van der Waals surface area contributed by atoms with E-state index < -0.39 is 6.10 Å². The number of fused-ring (bicyclic) bond motifs is 1. The van der Waals surface area contributed by atoms with Gasteiger partial charge in [-0.2, -0.15) is 0 Å². The smallest absolute Gasteiger partial charge is 0.107 e. The summed E-state index contributed by atoms with van der Waals surface area (Å²) in [7, 11) is 0. The van der Waals surface area contributed by atoms with E-state index in [2.05, 4.69) is 0 Å². The Morgan fingerprint density at radius 3 is 2.76 bits per heavy atom. The Morgan fingerprint density at radius 1 is 1.18 bits per heavy atom. The van der Waals surface area contributed by atoms with Gasteiger partial charge in [0.1, 0.15) is 11.9 Å². The van der Waals surface area contributed by atoms with Crippen LogP contribution in [0.15, 0.2) is 34.9 Å². The molecule has 0 aliphatic carbocycles. The van der Waals surface area contributed by atoms with Crippen molar-refractivity contribution >= 4 is 0 Å². The molecule has 1 N–H and O–H groups in total. The predicted octanol–water partition coefficient (Wildman–Crippen LogP) is 2.70. The maximum atomic E-state index is 10.3. The molecule has 0 saturated heterocycles. The Kier molecular flexibility index (Phi) is 2.50. The van der Waals surface area contributed by atoms with E-state index in [4.69, 9.17) is 9.15 Å². The van der Waals surface area contributed by atoms with Gasteiger partial charge in [0.2, 0.25) is 0 Å². The van der Waals surface area contributed by atoms with Crippen molar-refractivity contribution in [3.05, 3.63) is 58.5 Å². The Hall–Kier alpha value is -1.58. The molecule has 0 fully saturated rings. The maximum absolute atomic E-state index is 10.3. The summed E-state index contributed by atoms with van der Waals surface area (Å²) < 4.78 is 10.6. The SMILES string of the molecule is Cc1occc1C(O)c1ccc2c(c1)COC2. The summed E-state index contributed by atoms with van der Waals surface area (Å²) >= 11 is 0. The molecular formula is C14H14O3. The topological polar surface area (TPSA) is 42.6 Å². The fraction of sp³-hybridized carbons (Fsp3) is 0.286. The van der Waals surface area contributed by atoms with Gasteiger partial charge in [-0.15, -0.1) is 0 Å². The lowest BCUT2D eigenvalue weighted by Gasteiger charge is -2.11. The number of aryl methyl sites for hydroxylation is 1. The molecule has 1 atom stereocenters. The van der Waals surface area contributed by atoms with Crippen molar-refractivity contribution in [2.45, 2.75) is 26.2 Å². The summed E-state index contributed by atoms with van der Waals surface area (Å²) in [6.07, 6.45) is 0.976. The lowest BCUT2D eigenvalue weighted by Crippen LogP contribution is -2.00. The van der Waals surface area contributed by atoms with Gasteiger partial charge in [0.15, 0.2) is 0 Å². The molecule has 1 aliphatic rings. The molecule has 2 heterocycles. The number of rotatable bonds is 2. The second-order valence-electron chi connectivity index (χ2n) is 4.36. The van der Waals surface area contributed by atoms with Crippen molar-refractivity contribution < 1.29 is 14.3 Å². The third kappa shape index (κ3) is 1.77. The van der Waals surface area contributed by atoms with Crippen molar-refractivity contribution in [3.8, 4) is 0 Å². The van der Waals surface area contributed by atoms with Crippen molar-refractivity contribution in [1.82, 2.24) is 0 Å². The van der Waals surface area contributed by atoms with Crippen molar-refractivity contribution in [3.63, 3.8) is 0 Å². The normalized spacial score (nSPS) is 15.9. The van der Waals surface area contributed by atoms with E-state index in [0.29, 0.717) is 13.2 Å². The molecule has 3 heteroatoms. The quantitative estimate of drug-likeness (QED) is 0.862. The number of furan rings is 1. The molecule has 1 aliphatic heterocycles. The van der Waals surface area contributed by atoms with Crippen LogP contribution >= 0.6 is 0 Å². The van der Waals surface area contributed by atoms with Crippen molar-refractivity contribution in [1.29, 1.82) is 0 Å². The van der Waals surface area contributed by atoms with E-state index in [-0.39, 0.29) is 0 Å². The minimum atomic E-state index is -0.625. The summed E-state index contributed by atoms with van der Waals surface area (Å²) in [6, 6.07) is 7.80. The third-order valence-corrected chi connectivity index (χ3v) is 3.25. The Labute approximate surface area is 99.6 Å². The van der Waals surface area contributed by atoms with E-state index in [1.165, 1.54) is 11.1 Å². The first-order valence-corrected chi connectivity index (χ1v) is 5.67. The molecule has 3 nitrogen and oxygen atoms in total. The molecule has 0 spiro atoms. The molecule has 2 aromatic rings. The van der Waals surface area contributed by atoms with Gasteiger partial charge in [-0.3, -0.25) is 0 Å². The highest BCUT2D eigenvalue weighted by Crippen LogP contribution is 2.29. The summed E-state index contributed by atoms with van der Waals surface area (Å²) in [5, 5.41) is 10.3. The van der Waals surface area contributed by atoms with Crippen LogP contribution in [0, 0.1) is 6.92 Å². The third-order valence-electron chi connectivity index (χ3n) is 3.25. The molecule has 3 rings (SSSR count). The first-order chi connectivity index (χ1) is 8.25. The van der Waals surface area contributed by atoms with Crippen LogP contribution in [0.4, 0.5) is 0 Å². The zero-order chi connectivity index (χ0) is 11.8. The van der Waals surface area contributed by atoms with Crippen LogP contribution < -0.4 is 0 Å². The zero-order valence-corrected chi connectivity index (χ0v) is 9.64. The van der Waals surface area contributed by atoms with E-state index >= 15 is 0 Å². The minimum absolute atomic E-state index is 0.625. The van der Waals surface area contributed by atoms with Crippen LogP contribution in [0.3, 0.4) is 0 Å². The standard InChI is InChI=1S/C14H14O3/c1-9-13(4-5-17-9)14(15)10-2-3-11-7-16-8-12(11)6-10/h2-6,14-15H,7-8H2,1H3. The van der Waals surface area contributed by atoms with Gasteiger partial charge < -0.3 is 14.3 Å². The van der Waals surface area contributed by atoms with Crippen LogP contribution in [0.1, 0.15) is 34.1 Å². The Morgan fingerprint density at radius 2 is 2.00 bits per heavy atom. The van der Waals surface area contributed by atoms with Gasteiger partial charge in [0, 0.05) is 5.56 Å². The first kappa shape index (κ1) is 10.6. The molecular weight excluding hydrogens is 216 g/mol. The highest BCUT2D eigenvalue weighted by Gasteiger charge is 2.18. The molecule has 17 heavy (non-hydrogen) atoms. The second-order valence-corrected chi connectivity index (χ2v) is 4.36. The number of hydrogen-bond donors (Lipinski definition) is 1. The van der Waals surface area contributed by atoms with E-state index in [0.717, 1.165) is 16.9 Å². The monoisotopic (exact) mass is 230 g/mol. The zero-order valence-electron chi connectivity index (χ0n) is 9.64. The second kappa shape index (κ2) is 4.02. The van der Waals surface area contributed by atoms with Crippen molar-refractivity contribution in [2.24, 2.45) is 0 Å². The van der Waals surface area contributed by atoms with E-state index in [9.17, 15) is 5.11 Å². The van der Waals surface area contributed by atoms with Crippen molar-refractivity contribution in [2.75, 3.05) is 0 Å². The molecule has 0 saturated carbocycles. The number of aliphatic hydroxyl groups is 1. The summed E-state index contributed by atoms with van der Waals surface area (Å²) in [5.41, 5.74) is 4.09. The van der Waals surface area contributed by atoms with Crippen LogP contribution in [-0.4, -0.2) is 5.11 Å². The lowest BCUT2D eigenvalue weighted by atomic mass is 9.98. The number of benzene rings is 1. The fourth-order valence-corrected chi connectivity index (χ4v) is 2.22. The summed E-state index contributed by atoms with van der Waals surface area (Å²) in [5.74, 6) is 0.759. The number of hydrogen-bond acceptors (Lipinski definition) is 3. The predicted molar refractivity (Wildman–Crippen MR) is 62.4 cm³/mol. The molecule has 1 unspecified atom stereocenters. The highest BCUT2D eigenvalue weighted by atomic mass is 16.5. The summed E-state index contributed by atoms with van der Waals surface area (Å²) in [4.78, 5) is 0. The number of ether oxygens (including phenoxy) is 1. The number of aliphatic hydroxyl groups excluding tert-OH is 1. The van der Waals surface area contributed by atoms with Gasteiger partial charge in [-0.1, -0.05) is 18.2 Å². The highest BCUT2D eigenvalue weighted by molar-refractivity contribution is 5.38. The lowest BCUT2D eigenvalue weighted by molar-refractivity contribution is 0.134. The van der Waals surface area contributed by atoms with E-state index in [1.54, 1.807) is 6.26 Å². The van der Waals surface area contributed by atoms with Crippen LogP contribution in [0.25, 0.3) is 0 Å². The largest absolute Gasteiger partial charge is 0.469 e. The Bertz CT molecular complexity index is 542. The average Bonchev–Trinajstić information content (AvgIpc) is 2.95. The van der Waals surface area contributed by atoms with Gasteiger partial charge in [0.05, 0.1) is 19.5 Å². The molecule has 1 aromatic carbocycles. The molecule has 0 bridgehead atoms. The molecule has 0 radical (unpaired) electrons. The van der Waals surface area contributed by atoms with Gasteiger partial charge >= 0.3 is 0 Å². The fourth-order valence-electron chi connectivity index (χ4n) is 2.22. The van der Waals surface area contributed by atoms with Crippen LogP contribution in [-0.2, 0) is 18.0 Å². The summed E-state index contributed by atoms with van der Waals surface area (Å²) in [6.45, 7) is 3.17. The molecule has 88 valence electrons. The first-order valence-electron chi connectivity index (χ1n) is 5.67. The Balaban J connectivity index is 1.97. The van der Waals surface area contributed by atoms with E-state index in [1.807, 2.05) is 31.2 Å². The average molecular weight is 230 g/mol. The van der Waals surface area contributed by atoms with Crippen LogP contribution in [0.5, 0.6) is 0 Å². The molecule has 1 aromatic heterocycles. The maximum Gasteiger partial charge on any atom is 0.107 e. The molecule has 0 amide bonds. The minimum Gasteiger partial charge on any atom is -0.469 e. The van der Waals surface area contributed by atoms with Crippen LogP contribution in [0.2, 0.25) is 0 Å². The van der Waals surface area contributed by atoms with Gasteiger partial charge in [-0.05, 0) is 29.7 Å².